The second-order valence-corrected chi connectivity index (χ2v) is 6.33. The fourth-order valence-electron chi connectivity index (χ4n) is 2.62. The molecular weight excluding hydrogens is 295 g/mol. The third-order valence-corrected chi connectivity index (χ3v) is 4.44. The van der Waals surface area contributed by atoms with E-state index in [1.165, 1.54) is 6.42 Å². The fraction of sp³-hybridized carbons (Fsp3) is 0.533. The number of hydrogen-bond acceptors (Lipinski definition) is 2. The zero-order valence-electron chi connectivity index (χ0n) is 11.8. The van der Waals surface area contributed by atoms with E-state index in [-0.39, 0.29) is 12.5 Å². The number of amides is 1. The van der Waals surface area contributed by atoms with E-state index in [0.717, 1.165) is 18.7 Å². The van der Waals surface area contributed by atoms with Gasteiger partial charge in [0.25, 0.3) is 0 Å². The number of piperidine rings is 1. The number of benzene rings is 1. The lowest BCUT2D eigenvalue weighted by Crippen LogP contribution is -2.48. The Balaban J connectivity index is 1.94. The Morgan fingerprint density at radius 1 is 1.30 bits per heavy atom. The van der Waals surface area contributed by atoms with E-state index in [1.807, 2.05) is 4.90 Å². The minimum absolute atomic E-state index is 0.125. The van der Waals surface area contributed by atoms with Crippen LogP contribution in [0.25, 0.3) is 0 Å². The zero-order chi connectivity index (χ0) is 14.7. The molecule has 1 heterocycles. The Labute approximate surface area is 130 Å². The number of hydrogen-bond donors (Lipinski definition) is 1. The SMILES string of the molecule is CC1CCCN(C(=O)CNc2cc(Cl)cc(Cl)c2)C1C. The van der Waals surface area contributed by atoms with E-state index >= 15 is 0 Å². The summed E-state index contributed by atoms with van der Waals surface area (Å²) < 4.78 is 0. The van der Waals surface area contributed by atoms with Crippen molar-refractivity contribution in [2.75, 3.05) is 18.4 Å². The molecule has 2 unspecified atom stereocenters. The normalized spacial score (nSPS) is 22.7. The number of likely N-dealkylation sites (tertiary alicyclic amines) is 1. The molecule has 1 fully saturated rings. The first kappa shape index (κ1) is 15.5. The molecule has 1 aliphatic heterocycles. The summed E-state index contributed by atoms with van der Waals surface area (Å²) in [5.74, 6) is 0.688. The van der Waals surface area contributed by atoms with Crippen molar-refractivity contribution in [1.82, 2.24) is 4.90 Å². The maximum Gasteiger partial charge on any atom is 0.242 e. The zero-order valence-corrected chi connectivity index (χ0v) is 13.3. The molecule has 3 nitrogen and oxygen atoms in total. The molecule has 1 amide bonds. The van der Waals surface area contributed by atoms with Crippen LogP contribution in [-0.4, -0.2) is 29.9 Å². The van der Waals surface area contributed by atoms with Crippen LogP contribution in [0.15, 0.2) is 18.2 Å². The number of rotatable bonds is 3. The number of nitrogens with one attached hydrogen (secondary N) is 1. The molecule has 1 aliphatic rings. The van der Waals surface area contributed by atoms with Gasteiger partial charge in [0.1, 0.15) is 0 Å². The van der Waals surface area contributed by atoms with Crippen molar-refractivity contribution in [3.63, 3.8) is 0 Å². The standard InChI is InChI=1S/C15H20Cl2N2O/c1-10-4-3-5-19(11(10)2)15(20)9-18-14-7-12(16)6-13(17)8-14/h6-8,10-11,18H,3-5,9H2,1-2H3. The molecule has 0 spiro atoms. The van der Waals surface area contributed by atoms with Crippen LogP contribution in [0.2, 0.25) is 10.0 Å². The summed E-state index contributed by atoms with van der Waals surface area (Å²) in [5.41, 5.74) is 0.772. The monoisotopic (exact) mass is 314 g/mol. The first-order valence-corrected chi connectivity index (χ1v) is 7.72. The predicted molar refractivity (Wildman–Crippen MR) is 84.5 cm³/mol. The van der Waals surface area contributed by atoms with Crippen molar-refractivity contribution < 1.29 is 4.79 Å². The van der Waals surface area contributed by atoms with Crippen molar-refractivity contribution in [3.05, 3.63) is 28.2 Å². The lowest BCUT2D eigenvalue weighted by molar-refractivity contribution is -0.133. The van der Waals surface area contributed by atoms with E-state index in [1.54, 1.807) is 18.2 Å². The molecule has 1 aromatic rings. The molecule has 1 saturated heterocycles. The largest absolute Gasteiger partial charge is 0.376 e. The van der Waals surface area contributed by atoms with Gasteiger partial charge in [-0.1, -0.05) is 30.1 Å². The van der Waals surface area contributed by atoms with Crippen LogP contribution in [-0.2, 0) is 4.79 Å². The summed E-state index contributed by atoms with van der Waals surface area (Å²) in [6.45, 7) is 5.45. The highest BCUT2D eigenvalue weighted by atomic mass is 35.5. The first-order valence-electron chi connectivity index (χ1n) is 6.97. The molecule has 20 heavy (non-hydrogen) atoms. The number of carbonyl (C=O) groups excluding carboxylic acids is 1. The number of carbonyl (C=O) groups is 1. The Kier molecular flexibility index (Phi) is 5.17. The number of anilines is 1. The van der Waals surface area contributed by atoms with Crippen LogP contribution in [0.3, 0.4) is 0 Å². The van der Waals surface area contributed by atoms with Gasteiger partial charge in [0.05, 0.1) is 6.54 Å². The molecule has 0 aromatic heterocycles. The van der Waals surface area contributed by atoms with Gasteiger partial charge >= 0.3 is 0 Å². The maximum absolute atomic E-state index is 12.3. The highest BCUT2D eigenvalue weighted by Gasteiger charge is 2.27. The van der Waals surface area contributed by atoms with E-state index in [4.69, 9.17) is 23.2 Å². The van der Waals surface area contributed by atoms with Gasteiger partial charge < -0.3 is 10.2 Å². The summed E-state index contributed by atoms with van der Waals surface area (Å²) in [4.78, 5) is 14.3. The number of halogens is 2. The highest BCUT2D eigenvalue weighted by molar-refractivity contribution is 6.35. The fourth-order valence-corrected chi connectivity index (χ4v) is 3.15. The van der Waals surface area contributed by atoms with Crippen LogP contribution in [0.1, 0.15) is 26.7 Å². The second-order valence-electron chi connectivity index (χ2n) is 5.46. The topological polar surface area (TPSA) is 32.3 Å². The third kappa shape index (κ3) is 3.80. The van der Waals surface area contributed by atoms with Gasteiger partial charge in [0.2, 0.25) is 5.91 Å². The van der Waals surface area contributed by atoms with Gasteiger partial charge in [-0.25, -0.2) is 0 Å². The van der Waals surface area contributed by atoms with Crippen molar-refractivity contribution in [3.8, 4) is 0 Å². The average Bonchev–Trinajstić information content (AvgIpc) is 2.38. The summed E-state index contributed by atoms with van der Waals surface area (Å²) in [6.07, 6.45) is 2.28. The van der Waals surface area contributed by atoms with Crippen LogP contribution in [0, 0.1) is 5.92 Å². The quantitative estimate of drug-likeness (QED) is 0.912. The van der Waals surface area contributed by atoms with Gasteiger partial charge in [0.15, 0.2) is 0 Å². The molecule has 0 aliphatic carbocycles. The third-order valence-electron chi connectivity index (χ3n) is 4.00. The molecule has 1 aromatic carbocycles. The summed E-state index contributed by atoms with van der Waals surface area (Å²) in [7, 11) is 0. The maximum atomic E-state index is 12.3. The molecule has 110 valence electrons. The van der Waals surface area contributed by atoms with E-state index in [2.05, 4.69) is 19.2 Å². The lowest BCUT2D eigenvalue weighted by atomic mass is 9.92. The second kappa shape index (κ2) is 6.68. The van der Waals surface area contributed by atoms with E-state index in [0.29, 0.717) is 22.0 Å². The Bertz CT molecular complexity index is 473. The van der Waals surface area contributed by atoms with Crippen molar-refractivity contribution >= 4 is 34.8 Å². The van der Waals surface area contributed by atoms with Crippen LogP contribution < -0.4 is 5.32 Å². The van der Waals surface area contributed by atoms with Gasteiger partial charge in [-0.15, -0.1) is 0 Å². The van der Waals surface area contributed by atoms with Gasteiger partial charge in [-0.05, 0) is 43.9 Å². The highest BCUT2D eigenvalue weighted by Crippen LogP contribution is 2.24. The minimum atomic E-state index is 0.125. The molecule has 0 bridgehead atoms. The van der Waals surface area contributed by atoms with E-state index in [9.17, 15) is 4.79 Å². The molecule has 0 saturated carbocycles. The average molecular weight is 315 g/mol. The Hall–Kier alpha value is -0.930. The Morgan fingerprint density at radius 3 is 2.60 bits per heavy atom. The predicted octanol–water partition coefficient (Wildman–Crippen LogP) is 4.05. The smallest absolute Gasteiger partial charge is 0.242 e. The van der Waals surface area contributed by atoms with Crippen LogP contribution >= 0.6 is 23.2 Å². The summed E-state index contributed by atoms with van der Waals surface area (Å²) in [5, 5.41) is 4.22. The Morgan fingerprint density at radius 2 is 1.95 bits per heavy atom. The first-order chi connectivity index (χ1) is 9.47. The van der Waals surface area contributed by atoms with Gasteiger partial charge in [-0.3, -0.25) is 4.79 Å². The molecule has 2 rings (SSSR count). The van der Waals surface area contributed by atoms with Crippen LogP contribution in [0.5, 0.6) is 0 Å². The molecular formula is C15H20Cl2N2O. The van der Waals surface area contributed by atoms with Gasteiger partial charge in [-0.2, -0.15) is 0 Å². The van der Waals surface area contributed by atoms with Crippen molar-refractivity contribution in [2.45, 2.75) is 32.7 Å². The molecule has 1 N–H and O–H groups in total. The van der Waals surface area contributed by atoms with Gasteiger partial charge in [0, 0.05) is 28.3 Å². The minimum Gasteiger partial charge on any atom is -0.376 e. The summed E-state index contributed by atoms with van der Waals surface area (Å²) in [6, 6.07) is 5.51. The lowest BCUT2D eigenvalue weighted by Gasteiger charge is -2.38. The van der Waals surface area contributed by atoms with Crippen LogP contribution in [0.4, 0.5) is 5.69 Å². The molecule has 5 heteroatoms. The van der Waals surface area contributed by atoms with Crippen molar-refractivity contribution in [2.24, 2.45) is 5.92 Å². The van der Waals surface area contributed by atoms with Crippen molar-refractivity contribution in [1.29, 1.82) is 0 Å². The molecule has 2 atom stereocenters. The number of nitrogens with zero attached hydrogens (tertiary/aromatic N) is 1. The molecule has 0 radical (unpaired) electrons. The summed E-state index contributed by atoms with van der Waals surface area (Å²) >= 11 is 11.9. The van der Waals surface area contributed by atoms with E-state index < -0.39 is 0 Å².